The Morgan fingerprint density at radius 3 is 3.00 bits per heavy atom. The van der Waals surface area contributed by atoms with E-state index in [0.717, 1.165) is 18.8 Å². The maximum Gasteiger partial charge on any atom is 0.342 e. The van der Waals surface area contributed by atoms with E-state index in [0.29, 0.717) is 18.0 Å². The first-order valence-corrected chi connectivity index (χ1v) is 7.70. The van der Waals surface area contributed by atoms with Crippen LogP contribution >= 0.6 is 0 Å². The lowest BCUT2D eigenvalue weighted by Gasteiger charge is -2.09. The molecule has 1 aliphatic carbocycles. The van der Waals surface area contributed by atoms with Crippen LogP contribution in [-0.4, -0.2) is 33.3 Å². The van der Waals surface area contributed by atoms with E-state index in [9.17, 15) is 10.1 Å². The summed E-state index contributed by atoms with van der Waals surface area (Å²) in [4.78, 5) is 18.7. The predicted molar refractivity (Wildman–Crippen MR) is 91.6 cm³/mol. The van der Waals surface area contributed by atoms with Crippen molar-refractivity contribution in [2.45, 2.75) is 20.0 Å². The van der Waals surface area contributed by atoms with Crippen LogP contribution in [0.15, 0.2) is 47.5 Å². The summed E-state index contributed by atoms with van der Waals surface area (Å²) in [6.07, 6.45) is 11.3. The summed E-state index contributed by atoms with van der Waals surface area (Å²) in [7, 11) is 1.60. The second kappa shape index (κ2) is 8.78. The van der Waals surface area contributed by atoms with Gasteiger partial charge in [-0.15, -0.1) is 0 Å². The highest BCUT2D eigenvalue weighted by molar-refractivity contribution is 5.97. The molecule has 24 heavy (non-hydrogen) atoms. The van der Waals surface area contributed by atoms with Crippen LogP contribution in [0.2, 0.25) is 0 Å². The number of likely N-dealkylation sites (N-methyl/N-ethyl adjacent to an activating group) is 1. The normalized spacial score (nSPS) is 15.9. The smallest absolute Gasteiger partial charge is 0.342 e. The molecule has 1 aromatic rings. The largest absolute Gasteiger partial charge is 0.484 e. The van der Waals surface area contributed by atoms with Crippen molar-refractivity contribution in [3.8, 4) is 0 Å². The molecule has 0 saturated carbocycles. The van der Waals surface area contributed by atoms with Crippen molar-refractivity contribution >= 4 is 11.5 Å². The molecule has 0 atom stereocenters. The molecule has 128 valence electrons. The van der Waals surface area contributed by atoms with E-state index < -0.39 is 4.92 Å². The lowest BCUT2D eigenvalue weighted by atomic mass is 10.1. The zero-order chi connectivity index (χ0) is 17.4. The molecule has 0 amide bonds. The Morgan fingerprint density at radius 2 is 2.38 bits per heavy atom. The highest BCUT2D eigenvalue weighted by Crippen LogP contribution is 2.15. The molecule has 0 saturated heterocycles. The summed E-state index contributed by atoms with van der Waals surface area (Å²) in [6.45, 7) is 3.97. The average Bonchev–Trinajstić information content (AvgIpc) is 2.95. The number of nitrogens with one attached hydrogen (secondary N) is 1. The third kappa shape index (κ3) is 4.88. The van der Waals surface area contributed by atoms with Gasteiger partial charge in [0.05, 0.1) is 7.05 Å². The Balaban J connectivity index is 1.84. The standard InChI is InChI=1S/C16H21N5O3/c1-3-17-9-4-10-18-13-5-7-14(8-6-13)24-12-15-19-11-16(20(15)2)21(22)23/h4-5,7-8,10-11,17H,3,6,9,12H2,1-2H3. The van der Waals surface area contributed by atoms with Gasteiger partial charge in [0.25, 0.3) is 0 Å². The Kier molecular flexibility index (Phi) is 6.44. The molecule has 8 nitrogen and oxygen atoms in total. The number of imidazole rings is 1. The minimum absolute atomic E-state index is 0.0551. The molecule has 0 fully saturated rings. The van der Waals surface area contributed by atoms with Crippen LogP contribution in [0.25, 0.3) is 0 Å². The van der Waals surface area contributed by atoms with Gasteiger partial charge in [-0.1, -0.05) is 13.0 Å². The zero-order valence-electron chi connectivity index (χ0n) is 13.8. The molecule has 0 unspecified atom stereocenters. The van der Waals surface area contributed by atoms with E-state index in [2.05, 4.69) is 22.2 Å². The fourth-order valence-electron chi connectivity index (χ4n) is 2.04. The quantitative estimate of drug-likeness (QED) is 0.448. The molecule has 1 N–H and O–H groups in total. The van der Waals surface area contributed by atoms with Crippen LogP contribution in [0.1, 0.15) is 19.2 Å². The summed E-state index contributed by atoms with van der Waals surface area (Å²) >= 11 is 0. The van der Waals surface area contributed by atoms with Gasteiger partial charge in [-0.05, 0) is 29.7 Å². The highest BCUT2D eigenvalue weighted by Gasteiger charge is 2.17. The Hall–Kier alpha value is -2.74. The summed E-state index contributed by atoms with van der Waals surface area (Å²) in [5, 5.41) is 14.0. The first kappa shape index (κ1) is 17.6. The third-order valence-corrected chi connectivity index (χ3v) is 3.43. The average molecular weight is 331 g/mol. The topological polar surface area (TPSA) is 94.6 Å². The number of hydrogen-bond donors (Lipinski definition) is 1. The maximum atomic E-state index is 10.8. The molecule has 0 aromatic carbocycles. The van der Waals surface area contributed by atoms with Gasteiger partial charge in [-0.25, -0.2) is 9.55 Å². The van der Waals surface area contributed by atoms with Crippen LogP contribution in [0, 0.1) is 10.1 Å². The van der Waals surface area contributed by atoms with Gasteiger partial charge in [0, 0.05) is 24.9 Å². The van der Waals surface area contributed by atoms with Gasteiger partial charge in [-0.2, -0.15) is 0 Å². The monoisotopic (exact) mass is 331 g/mol. The van der Waals surface area contributed by atoms with E-state index in [4.69, 9.17) is 4.74 Å². The summed E-state index contributed by atoms with van der Waals surface area (Å²) < 4.78 is 7.05. The van der Waals surface area contributed by atoms with Gasteiger partial charge in [-0.3, -0.25) is 4.99 Å². The van der Waals surface area contributed by atoms with Crippen molar-refractivity contribution in [1.29, 1.82) is 0 Å². The Bertz CT molecular complexity index is 701. The van der Waals surface area contributed by atoms with E-state index in [1.807, 2.05) is 24.3 Å². The molecule has 0 radical (unpaired) electrons. The SMILES string of the molecule is CCNCC=CN=C1C=CC(OCc2ncc([N+](=O)[O-])n2C)=CC1. The number of aromatic nitrogens is 2. The molecule has 8 heteroatoms. The number of ether oxygens (including phenoxy) is 1. The molecular weight excluding hydrogens is 310 g/mol. The number of nitro groups is 1. The second-order valence-electron chi connectivity index (χ2n) is 5.09. The van der Waals surface area contributed by atoms with Gasteiger partial charge < -0.3 is 20.2 Å². The van der Waals surface area contributed by atoms with Gasteiger partial charge in [0.1, 0.15) is 12.0 Å². The van der Waals surface area contributed by atoms with Gasteiger partial charge in [0.2, 0.25) is 5.82 Å². The second-order valence-corrected chi connectivity index (χ2v) is 5.09. The predicted octanol–water partition coefficient (Wildman–Crippen LogP) is 2.25. The minimum atomic E-state index is -0.470. The molecule has 0 spiro atoms. The number of allylic oxidation sites excluding steroid dienone is 3. The minimum Gasteiger partial charge on any atom is -0.484 e. The first-order valence-electron chi connectivity index (χ1n) is 7.70. The number of nitrogens with zero attached hydrogens (tertiary/aromatic N) is 4. The fourth-order valence-corrected chi connectivity index (χ4v) is 2.04. The van der Waals surface area contributed by atoms with Gasteiger partial charge in [0.15, 0.2) is 6.61 Å². The van der Waals surface area contributed by atoms with Crippen molar-refractivity contribution in [3.63, 3.8) is 0 Å². The summed E-state index contributed by atoms with van der Waals surface area (Å²) in [6, 6.07) is 0. The molecular formula is C16H21N5O3. The summed E-state index contributed by atoms with van der Waals surface area (Å²) in [5.41, 5.74) is 0.947. The van der Waals surface area contributed by atoms with Crippen molar-refractivity contribution in [3.05, 3.63) is 58.4 Å². The maximum absolute atomic E-state index is 10.8. The molecule has 0 aliphatic heterocycles. The number of rotatable bonds is 8. The van der Waals surface area contributed by atoms with E-state index in [-0.39, 0.29) is 12.4 Å². The number of aliphatic imine (C=N–C) groups is 1. The van der Waals surface area contributed by atoms with E-state index in [1.165, 1.54) is 10.8 Å². The molecule has 1 heterocycles. The van der Waals surface area contributed by atoms with Crippen LogP contribution in [0.5, 0.6) is 0 Å². The Morgan fingerprint density at radius 1 is 1.54 bits per heavy atom. The van der Waals surface area contributed by atoms with Crippen LogP contribution in [0.4, 0.5) is 5.82 Å². The molecule has 2 rings (SSSR count). The van der Waals surface area contributed by atoms with Crippen molar-refractivity contribution < 1.29 is 9.66 Å². The lowest BCUT2D eigenvalue weighted by molar-refractivity contribution is -0.391. The van der Waals surface area contributed by atoms with Crippen molar-refractivity contribution in [2.24, 2.45) is 12.0 Å². The van der Waals surface area contributed by atoms with Crippen LogP contribution < -0.4 is 5.32 Å². The molecule has 0 bridgehead atoms. The van der Waals surface area contributed by atoms with Gasteiger partial charge >= 0.3 is 5.82 Å². The van der Waals surface area contributed by atoms with E-state index in [1.54, 1.807) is 13.2 Å². The summed E-state index contributed by atoms with van der Waals surface area (Å²) in [5.74, 6) is 1.15. The lowest BCUT2D eigenvalue weighted by Crippen LogP contribution is -2.11. The Labute approximate surface area is 140 Å². The van der Waals surface area contributed by atoms with Crippen LogP contribution in [-0.2, 0) is 18.4 Å². The zero-order valence-corrected chi connectivity index (χ0v) is 13.8. The van der Waals surface area contributed by atoms with Crippen molar-refractivity contribution in [1.82, 2.24) is 14.9 Å². The molecule has 1 aliphatic rings. The fraction of sp³-hybridized carbons (Fsp3) is 0.375. The highest BCUT2D eigenvalue weighted by atomic mass is 16.6. The van der Waals surface area contributed by atoms with E-state index >= 15 is 0 Å². The third-order valence-electron chi connectivity index (χ3n) is 3.43. The van der Waals surface area contributed by atoms with Crippen LogP contribution in [0.3, 0.4) is 0 Å². The molecule has 1 aromatic heterocycles. The van der Waals surface area contributed by atoms with Crippen molar-refractivity contribution in [2.75, 3.05) is 13.1 Å². The first-order chi connectivity index (χ1) is 11.6. The number of hydrogen-bond acceptors (Lipinski definition) is 6.